The fourth-order valence-corrected chi connectivity index (χ4v) is 3.96. The Kier molecular flexibility index (Phi) is 10.9. The first-order valence-electron chi connectivity index (χ1n) is 12.4. The number of allylic oxidation sites excluding steroid dienone is 2. The van der Waals surface area contributed by atoms with Gasteiger partial charge in [-0.15, -0.1) is 0 Å². The van der Waals surface area contributed by atoms with Gasteiger partial charge in [0.05, 0.1) is 27.4 Å². The van der Waals surface area contributed by atoms with Gasteiger partial charge in [0.1, 0.15) is 0 Å². The lowest BCUT2D eigenvalue weighted by Gasteiger charge is -2.11. The Hall–Kier alpha value is -3.29. The van der Waals surface area contributed by atoms with Crippen LogP contribution in [0, 0.1) is 0 Å². The quantitative estimate of drug-likeness (QED) is 0.286. The summed E-state index contributed by atoms with van der Waals surface area (Å²) < 4.78 is 22.5. The molecule has 0 saturated heterocycles. The van der Waals surface area contributed by atoms with E-state index in [-0.39, 0.29) is 19.0 Å². The van der Waals surface area contributed by atoms with Gasteiger partial charge in [-0.1, -0.05) is 12.1 Å². The smallest absolute Gasteiger partial charge is 0.185 e. The molecule has 0 amide bonds. The molecule has 2 aromatic carbocycles. The first-order chi connectivity index (χ1) is 17.6. The summed E-state index contributed by atoms with van der Waals surface area (Å²) in [6.07, 6.45) is 8.09. The minimum Gasteiger partial charge on any atom is -0.493 e. The Bertz CT molecular complexity index is 988. The van der Waals surface area contributed by atoms with Crippen molar-refractivity contribution in [1.82, 2.24) is 0 Å². The van der Waals surface area contributed by atoms with Gasteiger partial charge in [-0.2, -0.15) is 0 Å². The summed E-state index contributed by atoms with van der Waals surface area (Å²) in [7, 11) is 3.18. The number of rotatable bonds is 14. The third kappa shape index (κ3) is 7.60. The van der Waals surface area contributed by atoms with Gasteiger partial charge >= 0.3 is 0 Å². The fourth-order valence-electron chi connectivity index (χ4n) is 3.96. The molecule has 0 spiro atoms. The van der Waals surface area contributed by atoms with E-state index in [9.17, 15) is 4.79 Å². The van der Waals surface area contributed by atoms with Crippen LogP contribution in [-0.2, 0) is 4.79 Å². The molecule has 0 aliphatic heterocycles. The average molecular weight is 497 g/mol. The predicted molar refractivity (Wildman–Crippen MR) is 140 cm³/mol. The molecule has 194 valence electrons. The molecule has 0 radical (unpaired) electrons. The zero-order valence-electron chi connectivity index (χ0n) is 21.1. The number of ketones is 1. The van der Waals surface area contributed by atoms with Gasteiger partial charge in [0.2, 0.25) is 0 Å². The fraction of sp³-hybridized carbons (Fsp3) is 0.414. The maximum atomic E-state index is 13.1. The first kappa shape index (κ1) is 27.3. The molecule has 0 heterocycles. The van der Waals surface area contributed by atoms with Crippen molar-refractivity contribution >= 4 is 17.9 Å². The molecule has 7 nitrogen and oxygen atoms in total. The number of carbonyl (C=O) groups is 1. The van der Waals surface area contributed by atoms with Crippen LogP contribution in [0.15, 0.2) is 47.5 Å². The molecular formula is C29H36O7. The summed E-state index contributed by atoms with van der Waals surface area (Å²) in [5, 5.41) is 17.8. The van der Waals surface area contributed by atoms with Crippen molar-refractivity contribution in [1.29, 1.82) is 0 Å². The molecule has 2 N–H and O–H groups in total. The molecule has 1 fully saturated rings. The van der Waals surface area contributed by atoms with Gasteiger partial charge in [-0.25, -0.2) is 0 Å². The highest BCUT2D eigenvalue weighted by atomic mass is 16.5. The summed E-state index contributed by atoms with van der Waals surface area (Å²) in [5.41, 5.74) is 3.28. The number of aliphatic hydroxyl groups excluding tert-OH is 2. The number of benzene rings is 2. The van der Waals surface area contributed by atoms with Crippen molar-refractivity contribution in [2.45, 2.75) is 38.5 Å². The highest BCUT2D eigenvalue weighted by Crippen LogP contribution is 2.34. The van der Waals surface area contributed by atoms with Crippen molar-refractivity contribution in [3.63, 3.8) is 0 Å². The summed E-state index contributed by atoms with van der Waals surface area (Å²) in [4.78, 5) is 13.1. The van der Waals surface area contributed by atoms with Crippen LogP contribution in [0.4, 0.5) is 0 Å². The van der Waals surface area contributed by atoms with E-state index in [1.54, 1.807) is 14.2 Å². The SMILES string of the molecule is COc1cc(/C=C2/CC/C(=C/c3ccc(OCCCCO)c(OC)c3)C2=O)ccc1OCCCCO. The summed E-state index contributed by atoms with van der Waals surface area (Å²) in [6.45, 7) is 1.31. The lowest BCUT2D eigenvalue weighted by Crippen LogP contribution is -2.01. The van der Waals surface area contributed by atoms with Crippen LogP contribution >= 0.6 is 0 Å². The van der Waals surface area contributed by atoms with Crippen LogP contribution < -0.4 is 18.9 Å². The zero-order valence-corrected chi connectivity index (χ0v) is 21.1. The number of methoxy groups -OCH3 is 2. The molecule has 3 rings (SSSR count). The number of aliphatic hydroxyl groups is 2. The monoisotopic (exact) mass is 496 g/mol. The van der Waals surface area contributed by atoms with Crippen LogP contribution in [0.25, 0.3) is 12.2 Å². The van der Waals surface area contributed by atoms with Crippen molar-refractivity contribution < 1.29 is 34.0 Å². The van der Waals surface area contributed by atoms with E-state index in [4.69, 9.17) is 29.2 Å². The zero-order chi connectivity index (χ0) is 25.8. The lowest BCUT2D eigenvalue weighted by atomic mass is 10.1. The number of hydrogen-bond acceptors (Lipinski definition) is 7. The highest BCUT2D eigenvalue weighted by molar-refractivity contribution is 6.15. The van der Waals surface area contributed by atoms with Crippen molar-refractivity contribution in [2.24, 2.45) is 0 Å². The van der Waals surface area contributed by atoms with Crippen molar-refractivity contribution in [3.8, 4) is 23.0 Å². The molecule has 0 bridgehead atoms. The lowest BCUT2D eigenvalue weighted by molar-refractivity contribution is -0.111. The maximum absolute atomic E-state index is 13.1. The molecule has 1 aliphatic rings. The minimum atomic E-state index is 0.0431. The molecule has 36 heavy (non-hydrogen) atoms. The van der Waals surface area contributed by atoms with E-state index in [2.05, 4.69) is 0 Å². The third-order valence-corrected chi connectivity index (χ3v) is 5.92. The Labute approximate surface area is 213 Å². The van der Waals surface area contributed by atoms with Crippen LogP contribution in [0.1, 0.15) is 49.7 Å². The van der Waals surface area contributed by atoms with Gasteiger partial charge < -0.3 is 29.2 Å². The van der Waals surface area contributed by atoms with Gasteiger partial charge in [-0.05, 0) is 86.1 Å². The van der Waals surface area contributed by atoms with Gasteiger partial charge in [0.15, 0.2) is 28.8 Å². The van der Waals surface area contributed by atoms with E-state index in [0.29, 0.717) is 61.9 Å². The largest absolute Gasteiger partial charge is 0.493 e. The second-order valence-electron chi connectivity index (χ2n) is 8.55. The Morgan fingerprint density at radius 2 is 1.14 bits per heavy atom. The standard InChI is InChI=1S/C29H36O7/c1-33-27-19-21(7-11-25(27)35-15-5-3-13-30)17-23-9-10-24(29(23)32)18-22-8-12-26(28(20-22)34-2)36-16-6-4-14-31/h7-8,11-12,17-20,30-31H,3-6,9-10,13-16H2,1-2H3/b23-17-,24-18-. The molecule has 0 unspecified atom stereocenters. The van der Waals surface area contributed by atoms with E-state index < -0.39 is 0 Å². The van der Waals surface area contributed by atoms with E-state index in [1.165, 1.54) is 0 Å². The van der Waals surface area contributed by atoms with Gasteiger partial charge in [-0.3, -0.25) is 4.79 Å². The third-order valence-electron chi connectivity index (χ3n) is 5.92. The Morgan fingerprint density at radius 1 is 0.694 bits per heavy atom. The Balaban J connectivity index is 1.69. The molecule has 0 atom stereocenters. The number of carbonyl (C=O) groups excluding carboxylic acids is 1. The predicted octanol–water partition coefficient (Wildman–Crippen LogP) is 4.84. The minimum absolute atomic E-state index is 0.0431. The molecule has 0 aromatic heterocycles. The molecule has 1 aliphatic carbocycles. The maximum Gasteiger partial charge on any atom is 0.185 e. The van der Waals surface area contributed by atoms with Crippen LogP contribution in [0.2, 0.25) is 0 Å². The molecule has 7 heteroatoms. The van der Waals surface area contributed by atoms with Gasteiger partial charge in [0, 0.05) is 24.4 Å². The van der Waals surface area contributed by atoms with E-state index in [1.807, 2.05) is 48.6 Å². The van der Waals surface area contributed by atoms with Crippen LogP contribution in [0.3, 0.4) is 0 Å². The van der Waals surface area contributed by atoms with Crippen LogP contribution in [-0.4, -0.2) is 56.6 Å². The second kappa shape index (κ2) is 14.3. The van der Waals surface area contributed by atoms with Gasteiger partial charge in [0.25, 0.3) is 0 Å². The van der Waals surface area contributed by atoms with Crippen LogP contribution in [0.5, 0.6) is 23.0 Å². The normalized spacial score (nSPS) is 15.5. The number of Topliss-reactive ketones (excluding diaryl/α,β-unsaturated/α-hetero) is 1. The number of unbranched alkanes of at least 4 members (excludes halogenated alkanes) is 2. The number of ether oxygens (including phenoxy) is 4. The molecule has 2 aromatic rings. The molecule has 1 saturated carbocycles. The Morgan fingerprint density at radius 3 is 1.53 bits per heavy atom. The molecular weight excluding hydrogens is 460 g/mol. The average Bonchev–Trinajstić information content (AvgIpc) is 3.23. The van der Waals surface area contributed by atoms with E-state index in [0.717, 1.165) is 35.1 Å². The summed E-state index contributed by atoms with van der Waals surface area (Å²) >= 11 is 0. The summed E-state index contributed by atoms with van der Waals surface area (Å²) in [5.74, 6) is 2.55. The summed E-state index contributed by atoms with van der Waals surface area (Å²) in [6, 6.07) is 11.3. The second-order valence-corrected chi connectivity index (χ2v) is 8.55. The van der Waals surface area contributed by atoms with Crippen molar-refractivity contribution in [3.05, 3.63) is 58.7 Å². The van der Waals surface area contributed by atoms with Crippen molar-refractivity contribution in [2.75, 3.05) is 40.6 Å². The highest BCUT2D eigenvalue weighted by Gasteiger charge is 2.23. The van der Waals surface area contributed by atoms with E-state index >= 15 is 0 Å². The first-order valence-corrected chi connectivity index (χ1v) is 12.4. The topological polar surface area (TPSA) is 94.5 Å². The number of hydrogen-bond donors (Lipinski definition) is 2.